The van der Waals surface area contributed by atoms with Crippen LogP contribution in [-0.2, 0) is 27.8 Å². The van der Waals surface area contributed by atoms with Crippen molar-refractivity contribution in [2.75, 3.05) is 0 Å². The van der Waals surface area contributed by atoms with Gasteiger partial charge in [0.1, 0.15) is 10.3 Å². The third-order valence-electron chi connectivity index (χ3n) is 4.30. The van der Waals surface area contributed by atoms with Crippen LogP contribution in [0.5, 0.6) is 0 Å². The molecule has 1 atom stereocenters. The summed E-state index contributed by atoms with van der Waals surface area (Å²) >= 11 is 4.38. The zero-order valence-corrected chi connectivity index (χ0v) is 19.0. The van der Waals surface area contributed by atoms with Gasteiger partial charge < -0.3 is 5.32 Å². The van der Waals surface area contributed by atoms with Gasteiger partial charge in [-0.15, -0.1) is 11.3 Å². The van der Waals surface area contributed by atoms with E-state index in [9.17, 15) is 13.2 Å². The van der Waals surface area contributed by atoms with Crippen LogP contribution >= 0.6 is 27.3 Å². The fourth-order valence-corrected chi connectivity index (χ4v) is 5.97. The summed E-state index contributed by atoms with van der Waals surface area (Å²) in [6.07, 6.45) is 0.256. The average Bonchev–Trinajstić information content (AvgIpc) is 3.15. The fraction of sp³-hybridized carbons (Fsp3) is 0.190. The highest BCUT2D eigenvalue weighted by Crippen LogP contribution is 2.26. The molecule has 1 aromatic heterocycles. The summed E-state index contributed by atoms with van der Waals surface area (Å²) in [6.45, 7) is 2.33. The third kappa shape index (κ3) is 6.24. The number of aryl methyl sites for hydroxylation is 1. The normalized spacial score (nSPS) is 12.5. The second-order valence-corrected chi connectivity index (χ2v) is 11.0. The number of hydrogen-bond acceptors (Lipinski definition) is 4. The van der Waals surface area contributed by atoms with E-state index in [0.717, 1.165) is 28.0 Å². The molecule has 0 fully saturated rings. The summed E-state index contributed by atoms with van der Waals surface area (Å²) in [5, 5.41) is 2.85. The maximum absolute atomic E-state index is 12.9. The van der Waals surface area contributed by atoms with Crippen molar-refractivity contribution in [3.05, 3.63) is 87.2 Å². The number of amides is 1. The molecule has 3 aromatic rings. The minimum absolute atomic E-state index is 0.161. The monoisotopic (exact) mass is 492 g/mol. The summed E-state index contributed by atoms with van der Waals surface area (Å²) in [5.74, 6) is -0.367. The van der Waals surface area contributed by atoms with Crippen LogP contribution in [-0.4, -0.2) is 20.4 Å². The van der Waals surface area contributed by atoms with Gasteiger partial charge in [-0.2, -0.15) is 4.72 Å². The number of carbonyl (C=O) groups excluding carboxylic acids is 1. The smallest absolute Gasteiger partial charge is 0.250 e. The van der Waals surface area contributed by atoms with Crippen LogP contribution in [0.15, 0.2) is 74.7 Å². The largest absolute Gasteiger partial charge is 0.351 e. The molecule has 0 saturated heterocycles. The van der Waals surface area contributed by atoms with Crippen LogP contribution in [0.3, 0.4) is 0 Å². The molecule has 2 N–H and O–H groups in total. The van der Waals surface area contributed by atoms with Gasteiger partial charge in [-0.3, -0.25) is 4.79 Å². The molecule has 1 amide bonds. The van der Waals surface area contributed by atoms with Gasteiger partial charge in [0.2, 0.25) is 5.91 Å². The van der Waals surface area contributed by atoms with Gasteiger partial charge in [0.15, 0.2) is 0 Å². The number of thiophene rings is 1. The highest BCUT2D eigenvalue weighted by molar-refractivity contribution is 9.11. The maximum atomic E-state index is 12.9. The zero-order chi connectivity index (χ0) is 20.9. The van der Waals surface area contributed by atoms with Gasteiger partial charge in [0.05, 0.1) is 3.79 Å². The molecule has 152 valence electrons. The molecular weight excluding hydrogens is 472 g/mol. The van der Waals surface area contributed by atoms with Crippen molar-refractivity contribution < 1.29 is 13.2 Å². The SMILES string of the molecule is Cc1ccc(CNC(=O)[C@@H](Cc2ccccc2)NS(=O)(=O)c2ccc(Br)s2)cc1. The van der Waals surface area contributed by atoms with E-state index in [-0.39, 0.29) is 16.5 Å². The topological polar surface area (TPSA) is 75.3 Å². The second-order valence-electron chi connectivity index (χ2n) is 6.63. The molecule has 5 nitrogen and oxygen atoms in total. The van der Waals surface area contributed by atoms with Crippen molar-refractivity contribution in [2.45, 2.75) is 30.1 Å². The number of halogens is 1. The summed E-state index contributed by atoms with van der Waals surface area (Å²) in [5.41, 5.74) is 2.96. The Bertz CT molecular complexity index is 1060. The minimum Gasteiger partial charge on any atom is -0.351 e. The quantitative estimate of drug-likeness (QED) is 0.498. The minimum atomic E-state index is -3.81. The molecule has 0 spiro atoms. The Labute approximate surface area is 183 Å². The number of sulfonamides is 1. The van der Waals surface area contributed by atoms with E-state index >= 15 is 0 Å². The maximum Gasteiger partial charge on any atom is 0.250 e. The Hall–Kier alpha value is -2.00. The van der Waals surface area contributed by atoms with Gasteiger partial charge >= 0.3 is 0 Å². The van der Waals surface area contributed by atoms with Gasteiger partial charge in [-0.05, 0) is 52.5 Å². The molecular formula is C21H21BrN2O3S2. The van der Waals surface area contributed by atoms with Gasteiger partial charge in [0.25, 0.3) is 10.0 Å². The summed E-state index contributed by atoms with van der Waals surface area (Å²) in [7, 11) is -3.81. The summed E-state index contributed by atoms with van der Waals surface area (Å²) < 4.78 is 29.0. The Morgan fingerprint density at radius 1 is 1.00 bits per heavy atom. The Morgan fingerprint density at radius 3 is 2.31 bits per heavy atom. The van der Waals surface area contributed by atoms with Crippen LogP contribution < -0.4 is 10.0 Å². The van der Waals surface area contributed by atoms with Gasteiger partial charge in [0, 0.05) is 6.54 Å². The second kappa shape index (κ2) is 9.67. The van der Waals surface area contributed by atoms with Crippen molar-refractivity contribution in [3.8, 4) is 0 Å². The van der Waals surface area contributed by atoms with Crippen LogP contribution in [0.2, 0.25) is 0 Å². The van der Waals surface area contributed by atoms with E-state index in [1.165, 1.54) is 6.07 Å². The molecule has 0 radical (unpaired) electrons. The molecule has 0 aliphatic rings. The summed E-state index contributed by atoms with van der Waals surface area (Å²) in [6, 6.07) is 19.4. The van der Waals surface area contributed by atoms with Crippen molar-refractivity contribution in [3.63, 3.8) is 0 Å². The molecule has 3 rings (SSSR count). The van der Waals surface area contributed by atoms with E-state index in [4.69, 9.17) is 0 Å². The molecule has 2 aromatic carbocycles. The van der Waals surface area contributed by atoms with E-state index in [2.05, 4.69) is 26.0 Å². The molecule has 0 saturated carbocycles. The number of nitrogens with one attached hydrogen (secondary N) is 2. The first-order chi connectivity index (χ1) is 13.8. The first kappa shape index (κ1) is 21.7. The molecule has 0 unspecified atom stereocenters. The number of rotatable bonds is 8. The van der Waals surface area contributed by atoms with Crippen molar-refractivity contribution >= 4 is 43.2 Å². The molecule has 0 bridgehead atoms. The van der Waals surface area contributed by atoms with Crippen LogP contribution in [0.4, 0.5) is 0 Å². The van der Waals surface area contributed by atoms with E-state index < -0.39 is 16.1 Å². The molecule has 0 aliphatic carbocycles. The molecule has 29 heavy (non-hydrogen) atoms. The standard InChI is InChI=1S/C21H21BrN2O3S2/c1-15-7-9-17(10-8-15)14-23-21(25)18(13-16-5-3-2-4-6-16)24-29(26,27)20-12-11-19(22)28-20/h2-12,18,24H,13-14H2,1H3,(H,23,25)/t18-/m1/s1. The highest BCUT2D eigenvalue weighted by Gasteiger charge is 2.27. The predicted molar refractivity (Wildman–Crippen MR) is 119 cm³/mol. The Kier molecular flexibility index (Phi) is 7.23. The lowest BCUT2D eigenvalue weighted by atomic mass is 10.1. The zero-order valence-electron chi connectivity index (χ0n) is 15.8. The van der Waals surface area contributed by atoms with Crippen molar-refractivity contribution in [1.82, 2.24) is 10.0 Å². The van der Waals surface area contributed by atoms with Crippen LogP contribution in [0.25, 0.3) is 0 Å². The number of benzene rings is 2. The number of hydrogen-bond donors (Lipinski definition) is 2. The lowest BCUT2D eigenvalue weighted by molar-refractivity contribution is -0.122. The molecule has 0 aliphatic heterocycles. The van der Waals surface area contributed by atoms with E-state index in [1.54, 1.807) is 6.07 Å². The average molecular weight is 493 g/mol. The lowest BCUT2D eigenvalue weighted by Gasteiger charge is -2.18. The highest BCUT2D eigenvalue weighted by atomic mass is 79.9. The van der Waals surface area contributed by atoms with E-state index in [1.807, 2.05) is 61.5 Å². The van der Waals surface area contributed by atoms with Crippen LogP contribution in [0.1, 0.15) is 16.7 Å². The Balaban J connectivity index is 1.76. The third-order valence-corrected chi connectivity index (χ3v) is 7.88. The first-order valence-electron chi connectivity index (χ1n) is 8.98. The van der Waals surface area contributed by atoms with Gasteiger partial charge in [-0.1, -0.05) is 60.2 Å². The molecule has 1 heterocycles. The number of carbonyl (C=O) groups is 1. The van der Waals surface area contributed by atoms with E-state index in [0.29, 0.717) is 10.3 Å². The summed E-state index contributed by atoms with van der Waals surface area (Å²) in [4.78, 5) is 12.9. The Morgan fingerprint density at radius 2 is 1.69 bits per heavy atom. The first-order valence-corrected chi connectivity index (χ1v) is 12.1. The van der Waals surface area contributed by atoms with Crippen molar-refractivity contribution in [1.29, 1.82) is 0 Å². The predicted octanol–water partition coefficient (Wildman–Crippen LogP) is 4.03. The van der Waals surface area contributed by atoms with Crippen molar-refractivity contribution in [2.24, 2.45) is 0 Å². The molecule has 8 heteroatoms. The lowest BCUT2D eigenvalue weighted by Crippen LogP contribution is -2.47. The fourth-order valence-electron chi connectivity index (χ4n) is 2.74. The van der Waals surface area contributed by atoms with Crippen LogP contribution in [0, 0.1) is 6.92 Å². The van der Waals surface area contributed by atoms with Gasteiger partial charge in [-0.25, -0.2) is 8.42 Å².